The number of hydrogen-bond donors (Lipinski definition) is 0. The van der Waals surface area contributed by atoms with Crippen LogP contribution in [0.25, 0.3) is 22.0 Å². The summed E-state index contributed by atoms with van der Waals surface area (Å²) >= 11 is 0. The molecule has 0 atom stereocenters. The maximum Gasteiger partial charge on any atom is 0.231 e. The minimum atomic E-state index is 0.313. The van der Waals surface area contributed by atoms with Crippen molar-refractivity contribution in [3.8, 4) is 28.5 Å². The van der Waals surface area contributed by atoms with Gasteiger partial charge < -0.3 is 19.1 Å². The van der Waals surface area contributed by atoms with Crippen LogP contribution in [0.3, 0.4) is 0 Å². The summed E-state index contributed by atoms with van der Waals surface area (Å²) in [5.41, 5.74) is 5.06. The zero-order chi connectivity index (χ0) is 20.2. The molecule has 0 saturated carbocycles. The van der Waals surface area contributed by atoms with Crippen LogP contribution in [0.15, 0.2) is 36.5 Å². The van der Waals surface area contributed by atoms with E-state index in [0.29, 0.717) is 6.79 Å². The van der Waals surface area contributed by atoms with Gasteiger partial charge in [-0.25, -0.2) is 0 Å². The van der Waals surface area contributed by atoms with E-state index in [1.165, 1.54) is 46.1 Å². The molecule has 30 heavy (non-hydrogen) atoms. The van der Waals surface area contributed by atoms with Crippen molar-refractivity contribution in [3.05, 3.63) is 42.1 Å². The van der Waals surface area contributed by atoms with Crippen molar-refractivity contribution in [2.75, 3.05) is 31.9 Å². The van der Waals surface area contributed by atoms with Gasteiger partial charge in [0.2, 0.25) is 12.5 Å². The Bertz CT molecular complexity index is 1150. The zero-order valence-electron chi connectivity index (χ0n) is 17.6. The van der Waals surface area contributed by atoms with E-state index < -0.39 is 0 Å². The molecular formula is C25H27N2O3+. The van der Waals surface area contributed by atoms with Crippen LogP contribution >= 0.6 is 0 Å². The van der Waals surface area contributed by atoms with Crippen LogP contribution in [0.2, 0.25) is 0 Å². The van der Waals surface area contributed by atoms with Crippen LogP contribution in [0.1, 0.15) is 25.3 Å². The van der Waals surface area contributed by atoms with Gasteiger partial charge in [-0.15, -0.1) is 0 Å². The van der Waals surface area contributed by atoms with Crippen LogP contribution in [0.5, 0.6) is 17.2 Å². The molecule has 3 aliphatic rings. The Morgan fingerprint density at radius 2 is 1.87 bits per heavy atom. The van der Waals surface area contributed by atoms with E-state index in [4.69, 9.17) is 14.2 Å². The van der Waals surface area contributed by atoms with Crippen LogP contribution in [-0.2, 0) is 13.0 Å². The summed E-state index contributed by atoms with van der Waals surface area (Å²) in [7, 11) is 1.78. The molecule has 0 amide bonds. The summed E-state index contributed by atoms with van der Waals surface area (Å²) in [6, 6.07) is 10.9. The molecule has 4 heterocycles. The van der Waals surface area contributed by atoms with Crippen molar-refractivity contribution in [2.24, 2.45) is 5.92 Å². The highest BCUT2D eigenvalue weighted by Gasteiger charge is 2.29. The second-order valence-electron chi connectivity index (χ2n) is 8.75. The summed E-state index contributed by atoms with van der Waals surface area (Å²) in [4.78, 5) is 2.52. The van der Waals surface area contributed by atoms with Crippen LogP contribution in [0, 0.1) is 5.92 Å². The number of pyridine rings is 1. The lowest BCUT2D eigenvalue weighted by Crippen LogP contribution is -2.40. The Labute approximate surface area is 176 Å². The van der Waals surface area contributed by atoms with E-state index in [9.17, 15) is 0 Å². The molecule has 0 N–H and O–H groups in total. The molecule has 6 rings (SSSR count). The van der Waals surface area contributed by atoms with Crippen molar-refractivity contribution >= 4 is 16.5 Å². The van der Waals surface area contributed by atoms with Gasteiger partial charge in [-0.3, -0.25) is 0 Å². The lowest BCUT2D eigenvalue weighted by Gasteiger charge is -2.33. The first kappa shape index (κ1) is 17.9. The molecule has 154 valence electrons. The summed E-state index contributed by atoms with van der Waals surface area (Å²) in [5, 5.41) is 2.53. The zero-order valence-corrected chi connectivity index (χ0v) is 17.6. The monoisotopic (exact) mass is 403 g/mol. The van der Waals surface area contributed by atoms with E-state index in [-0.39, 0.29) is 0 Å². The number of hydrogen-bond acceptors (Lipinski definition) is 4. The van der Waals surface area contributed by atoms with Gasteiger partial charge in [0.15, 0.2) is 24.2 Å². The summed E-state index contributed by atoms with van der Waals surface area (Å²) in [5.74, 6) is 3.49. The molecule has 0 spiro atoms. The van der Waals surface area contributed by atoms with Gasteiger partial charge in [-0.2, -0.15) is 4.57 Å². The van der Waals surface area contributed by atoms with Gasteiger partial charge in [0.05, 0.1) is 23.7 Å². The Balaban J connectivity index is 1.51. The fraction of sp³-hybridized carbons (Fsp3) is 0.400. The Morgan fingerprint density at radius 3 is 2.67 bits per heavy atom. The molecule has 3 aromatic rings. The maximum atomic E-state index is 5.80. The van der Waals surface area contributed by atoms with Crippen molar-refractivity contribution < 1.29 is 18.8 Å². The van der Waals surface area contributed by atoms with Crippen molar-refractivity contribution in [2.45, 2.75) is 32.7 Å². The number of aryl methyl sites for hydroxylation is 2. The number of benzene rings is 2. The number of fused-ring (bicyclic) bond motifs is 5. The number of methoxy groups -OCH3 is 1. The average Bonchev–Trinajstić information content (AvgIpc) is 3.23. The topological polar surface area (TPSA) is 34.8 Å². The van der Waals surface area contributed by atoms with E-state index in [0.717, 1.165) is 49.2 Å². The SMILES string of the molecule is COc1ccc2cc3[n+](cc2c1N1CCC(C)CC1)CCc1cc2c(cc1-3)OCO2. The molecule has 5 heteroatoms. The Morgan fingerprint density at radius 1 is 1.07 bits per heavy atom. The molecule has 0 unspecified atom stereocenters. The van der Waals surface area contributed by atoms with Gasteiger partial charge in [0.1, 0.15) is 5.75 Å². The minimum Gasteiger partial charge on any atom is -0.495 e. The second kappa shape index (κ2) is 6.79. The van der Waals surface area contributed by atoms with Gasteiger partial charge in [0.25, 0.3) is 0 Å². The third-order valence-corrected chi connectivity index (χ3v) is 6.92. The number of aromatic nitrogens is 1. The Kier molecular flexibility index (Phi) is 4.05. The molecule has 1 fully saturated rings. The van der Waals surface area contributed by atoms with Crippen molar-refractivity contribution in [1.82, 2.24) is 0 Å². The van der Waals surface area contributed by atoms with E-state index in [1.54, 1.807) is 7.11 Å². The normalized spacial score (nSPS) is 17.7. The smallest absolute Gasteiger partial charge is 0.231 e. The van der Waals surface area contributed by atoms with E-state index in [2.05, 4.69) is 52.9 Å². The van der Waals surface area contributed by atoms with E-state index >= 15 is 0 Å². The summed E-state index contributed by atoms with van der Waals surface area (Å²) in [6.45, 7) is 5.81. The van der Waals surface area contributed by atoms with Gasteiger partial charge in [-0.1, -0.05) is 13.0 Å². The highest BCUT2D eigenvalue weighted by Crippen LogP contribution is 2.42. The number of nitrogens with zero attached hydrogens (tertiary/aromatic N) is 2. The first-order valence-electron chi connectivity index (χ1n) is 10.9. The average molecular weight is 404 g/mol. The van der Waals surface area contributed by atoms with Gasteiger partial charge in [0, 0.05) is 25.6 Å². The number of piperidine rings is 1. The van der Waals surface area contributed by atoms with Crippen LogP contribution in [-0.4, -0.2) is 27.0 Å². The van der Waals surface area contributed by atoms with E-state index in [1.807, 2.05) is 0 Å². The van der Waals surface area contributed by atoms with Gasteiger partial charge in [-0.05, 0) is 47.9 Å². The standard InChI is InChI=1S/C25H27N2O3/c1-16-5-8-26(9-6-16)25-20-14-27-10-7-18-12-23-24(30-15-29-23)13-19(18)21(27)11-17(20)3-4-22(25)28-2/h3-4,11-14,16H,5-10,15H2,1-2H3/q+1. The number of ether oxygens (including phenoxy) is 3. The van der Waals surface area contributed by atoms with Crippen LogP contribution in [0.4, 0.5) is 5.69 Å². The molecule has 5 nitrogen and oxygen atoms in total. The molecule has 1 aromatic heterocycles. The largest absolute Gasteiger partial charge is 0.495 e. The van der Waals surface area contributed by atoms with Gasteiger partial charge >= 0.3 is 0 Å². The highest BCUT2D eigenvalue weighted by atomic mass is 16.7. The highest BCUT2D eigenvalue weighted by molar-refractivity contribution is 5.98. The third-order valence-electron chi connectivity index (χ3n) is 6.92. The predicted octanol–water partition coefficient (Wildman–Crippen LogP) is 4.32. The second-order valence-corrected chi connectivity index (χ2v) is 8.75. The summed E-state index contributed by atoms with van der Waals surface area (Å²) < 4.78 is 19.4. The molecule has 3 aliphatic heterocycles. The quantitative estimate of drug-likeness (QED) is 0.597. The Hall–Kier alpha value is -2.95. The first-order valence-corrected chi connectivity index (χ1v) is 10.9. The van der Waals surface area contributed by atoms with Crippen molar-refractivity contribution in [3.63, 3.8) is 0 Å². The first-order chi connectivity index (χ1) is 14.7. The van der Waals surface area contributed by atoms with Crippen molar-refractivity contribution in [1.29, 1.82) is 0 Å². The molecule has 0 bridgehead atoms. The number of rotatable bonds is 2. The number of anilines is 1. The molecule has 0 aliphatic carbocycles. The fourth-order valence-electron chi connectivity index (χ4n) is 5.13. The lowest BCUT2D eigenvalue weighted by molar-refractivity contribution is -0.686. The maximum absolute atomic E-state index is 5.80. The fourth-order valence-corrected chi connectivity index (χ4v) is 5.13. The summed E-state index contributed by atoms with van der Waals surface area (Å²) in [6.07, 6.45) is 5.79. The molecule has 1 saturated heterocycles. The third kappa shape index (κ3) is 2.72. The molecule has 0 radical (unpaired) electrons. The molecular weight excluding hydrogens is 376 g/mol. The lowest BCUT2D eigenvalue weighted by atomic mass is 9.94. The predicted molar refractivity (Wildman–Crippen MR) is 117 cm³/mol. The minimum absolute atomic E-state index is 0.313. The molecule has 2 aromatic carbocycles. The van der Waals surface area contributed by atoms with Crippen LogP contribution < -0.4 is 23.7 Å².